The van der Waals surface area contributed by atoms with Crippen LogP contribution in [-0.4, -0.2) is 15.0 Å². The number of hydrogen-bond acceptors (Lipinski definition) is 3. The average molecular weight is 312 g/mol. The smallest absolute Gasteiger partial charge is 0.206 e. The molecule has 0 aliphatic rings. The van der Waals surface area contributed by atoms with Gasteiger partial charge in [-0.1, -0.05) is 0 Å². The highest BCUT2D eigenvalue weighted by atomic mass is 35.5. The van der Waals surface area contributed by atoms with Crippen molar-refractivity contribution in [2.24, 2.45) is 0 Å². The Morgan fingerprint density at radius 3 is 2.05 bits per heavy atom. The quantitative estimate of drug-likeness (QED) is 0.747. The van der Waals surface area contributed by atoms with Crippen molar-refractivity contribution in [3.05, 3.63) is 40.1 Å². The molecule has 19 heavy (non-hydrogen) atoms. The van der Waals surface area contributed by atoms with Gasteiger partial charge in [-0.2, -0.15) is 28.1 Å². The van der Waals surface area contributed by atoms with Crippen LogP contribution in [0.3, 0.4) is 0 Å². The van der Waals surface area contributed by atoms with Gasteiger partial charge in [0.25, 0.3) is 0 Å². The van der Waals surface area contributed by atoms with Gasteiger partial charge in [-0.05, 0) is 41.4 Å². The van der Waals surface area contributed by atoms with Crippen molar-refractivity contribution in [1.29, 1.82) is 0 Å². The minimum Gasteiger partial charge on any atom is -0.206 e. The van der Waals surface area contributed by atoms with Gasteiger partial charge in [-0.3, -0.25) is 0 Å². The summed E-state index contributed by atoms with van der Waals surface area (Å²) in [6.07, 6.45) is -4.82. The number of nitrogens with zero attached hydrogens (tertiary/aromatic N) is 3. The summed E-state index contributed by atoms with van der Waals surface area (Å²) in [4.78, 5) is 10.7. The highest BCUT2D eigenvalue weighted by Gasteiger charge is 2.34. The highest BCUT2D eigenvalue weighted by Crippen LogP contribution is 2.33. The van der Waals surface area contributed by atoms with Crippen LogP contribution in [0.5, 0.6) is 0 Å². The fourth-order valence-corrected chi connectivity index (χ4v) is 1.70. The zero-order valence-corrected chi connectivity index (χ0v) is 10.4. The summed E-state index contributed by atoms with van der Waals surface area (Å²) < 4.78 is 50.8. The third-order valence-electron chi connectivity index (χ3n) is 2.11. The molecule has 2 aromatic rings. The Bertz CT molecular complexity index is 610. The van der Waals surface area contributed by atoms with Gasteiger partial charge in [0.2, 0.25) is 10.6 Å². The lowest BCUT2D eigenvalue weighted by molar-refractivity contribution is -0.139. The van der Waals surface area contributed by atoms with Gasteiger partial charge in [0.15, 0.2) is 5.82 Å². The molecule has 9 heteroatoms. The first-order valence-electron chi connectivity index (χ1n) is 4.71. The molecule has 0 atom stereocenters. The van der Waals surface area contributed by atoms with Crippen molar-refractivity contribution in [2.75, 3.05) is 0 Å². The van der Waals surface area contributed by atoms with Gasteiger partial charge < -0.3 is 0 Å². The molecule has 1 aromatic heterocycles. The van der Waals surface area contributed by atoms with E-state index in [4.69, 9.17) is 23.2 Å². The molecule has 0 saturated carbocycles. The van der Waals surface area contributed by atoms with Crippen molar-refractivity contribution in [3.8, 4) is 11.4 Å². The molecule has 0 N–H and O–H groups in total. The number of benzene rings is 1. The van der Waals surface area contributed by atoms with Crippen molar-refractivity contribution in [3.63, 3.8) is 0 Å². The molecule has 0 bridgehead atoms. The number of rotatable bonds is 1. The summed E-state index contributed by atoms with van der Waals surface area (Å²) in [5.41, 5.74) is -1.49. The summed E-state index contributed by atoms with van der Waals surface area (Å²) in [7, 11) is 0. The minimum atomic E-state index is -4.82. The van der Waals surface area contributed by atoms with E-state index >= 15 is 0 Å². The molecule has 0 amide bonds. The first-order chi connectivity index (χ1) is 8.77. The number of alkyl halides is 3. The fourth-order valence-electron chi connectivity index (χ4n) is 1.34. The third kappa shape index (κ3) is 3.10. The van der Waals surface area contributed by atoms with Gasteiger partial charge in [0.1, 0.15) is 5.82 Å². The van der Waals surface area contributed by atoms with Crippen LogP contribution in [0, 0.1) is 5.82 Å². The molecule has 100 valence electrons. The maximum Gasteiger partial charge on any atom is 0.419 e. The molecule has 0 aliphatic carbocycles. The molecule has 0 fully saturated rings. The van der Waals surface area contributed by atoms with Crippen LogP contribution in [0.1, 0.15) is 5.56 Å². The average Bonchev–Trinajstić information content (AvgIpc) is 2.26. The Morgan fingerprint density at radius 2 is 1.53 bits per heavy atom. The van der Waals surface area contributed by atoms with Crippen molar-refractivity contribution in [2.45, 2.75) is 6.18 Å². The molecular formula is C10H3Cl2F4N3. The van der Waals surface area contributed by atoms with Crippen LogP contribution >= 0.6 is 23.2 Å². The van der Waals surface area contributed by atoms with Gasteiger partial charge in [0, 0.05) is 5.56 Å². The second-order valence-corrected chi connectivity index (χ2v) is 4.07. The van der Waals surface area contributed by atoms with E-state index in [0.717, 1.165) is 6.07 Å². The zero-order chi connectivity index (χ0) is 14.2. The summed E-state index contributed by atoms with van der Waals surface area (Å²) >= 11 is 11.0. The lowest BCUT2D eigenvalue weighted by Gasteiger charge is -2.09. The Hall–Kier alpha value is -1.47. The fraction of sp³-hybridized carbons (Fsp3) is 0.100. The van der Waals surface area contributed by atoms with Crippen LogP contribution in [0.25, 0.3) is 11.4 Å². The van der Waals surface area contributed by atoms with Gasteiger partial charge in [0.05, 0.1) is 5.56 Å². The Balaban J connectivity index is 2.58. The van der Waals surface area contributed by atoms with E-state index in [1.54, 1.807) is 0 Å². The SMILES string of the molecule is Fc1ccc(-c2nc(Cl)nc(Cl)n2)cc1C(F)(F)F. The Labute approximate surface area is 114 Å². The van der Waals surface area contributed by atoms with Gasteiger partial charge in [-0.25, -0.2) is 4.39 Å². The second-order valence-electron chi connectivity index (χ2n) is 3.39. The normalized spacial score (nSPS) is 11.7. The summed E-state index contributed by atoms with van der Waals surface area (Å²) in [6, 6.07) is 2.34. The largest absolute Gasteiger partial charge is 0.419 e. The molecule has 3 nitrogen and oxygen atoms in total. The second kappa shape index (κ2) is 4.90. The number of halogens is 6. The highest BCUT2D eigenvalue weighted by molar-refractivity contribution is 6.31. The van der Waals surface area contributed by atoms with Crippen molar-refractivity contribution in [1.82, 2.24) is 15.0 Å². The van der Waals surface area contributed by atoms with Crippen LogP contribution in [0.4, 0.5) is 17.6 Å². The van der Waals surface area contributed by atoms with E-state index in [2.05, 4.69) is 15.0 Å². The molecule has 0 saturated heterocycles. The monoisotopic (exact) mass is 311 g/mol. The number of aromatic nitrogens is 3. The molecule has 0 unspecified atom stereocenters. The molecule has 0 radical (unpaired) electrons. The van der Waals surface area contributed by atoms with Crippen molar-refractivity contribution >= 4 is 23.2 Å². The molecule has 1 heterocycles. The summed E-state index contributed by atoms with van der Waals surface area (Å²) in [5, 5.41) is -0.541. The standard InChI is InChI=1S/C10H3Cl2F4N3/c11-8-17-7(18-9(12)19-8)4-1-2-6(13)5(3-4)10(14,15)16/h1-3H. The van der Waals surface area contributed by atoms with Crippen LogP contribution in [0.15, 0.2) is 18.2 Å². The molecule has 0 spiro atoms. The van der Waals surface area contributed by atoms with Gasteiger partial charge >= 0.3 is 6.18 Å². The van der Waals surface area contributed by atoms with E-state index in [9.17, 15) is 17.6 Å². The third-order valence-corrected chi connectivity index (χ3v) is 2.45. The Kier molecular flexibility index (Phi) is 3.60. The number of hydrogen-bond donors (Lipinski definition) is 0. The maximum absolute atomic E-state index is 13.1. The van der Waals surface area contributed by atoms with Gasteiger partial charge in [-0.15, -0.1) is 0 Å². The first-order valence-corrected chi connectivity index (χ1v) is 5.47. The van der Waals surface area contributed by atoms with E-state index in [1.165, 1.54) is 0 Å². The zero-order valence-electron chi connectivity index (χ0n) is 8.84. The minimum absolute atomic E-state index is 0.0695. The molecule has 2 rings (SSSR count). The lowest BCUT2D eigenvalue weighted by atomic mass is 10.1. The molecule has 1 aromatic carbocycles. The predicted molar refractivity (Wildman–Crippen MR) is 60.2 cm³/mol. The van der Waals surface area contributed by atoms with E-state index in [-0.39, 0.29) is 22.0 Å². The first kappa shape index (κ1) is 14.0. The predicted octanol–water partition coefficient (Wildman–Crippen LogP) is 4.00. The summed E-state index contributed by atoms with van der Waals surface area (Å²) in [6.45, 7) is 0. The van der Waals surface area contributed by atoms with E-state index < -0.39 is 17.6 Å². The molecular weight excluding hydrogens is 309 g/mol. The molecule has 0 aliphatic heterocycles. The van der Waals surface area contributed by atoms with E-state index in [1.807, 2.05) is 0 Å². The topological polar surface area (TPSA) is 38.7 Å². The van der Waals surface area contributed by atoms with E-state index in [0.29, 0.717) is 12.1 Å². The van der Waals surface area contributed by atoms with Crippen LogP contribution in [0.2, 0.25) is 10.6 Å². The Morgan fingerprint density at radius 1 is 0.947 bits per heavy atom. The van der Waals surface area contributed by atoms with Crippen LogP contribution < -0.4 is 0 Å². The van der Waals surface area contributed by atoms with Crippen molar-refractivity contribution < 1.29 is 17.6 Å². The maximum atomic E-state index is 13.1. The van der Waals surface area contributed by atoms with Crippen LogP contribution in [-0.2, 0) is 6.18 Å². The lowest BCUT2D eigenvalue weighted by Crippen LogP contribution is -2.08. The summed E-state index contributed by atoms with van der Waals surface area (Å²) in [5.74, 6) is -1.56.